The number of rotatable bonds is 4. The number of amides is 1. The minimum atomic E-state index is -0.937. The molecule has 0 spiro atoms. The van der Waals surface area contributed by atoms with Crippen LogP contribution in [0.15, 0.2) is 22.9 Å². The third-order valence-electron chi connectivity index (χ3n) is 1.96. The number of aromatic nitrogens is 1. The Balaban J connectivity index is 2.56. The molecular weight excluding hydrogens is 276 g/mol. The molecule has 1 unspecified atom stereocenters. The van der Waals surface area contributed by atoms with E-state index in [0.717, 1.165) is 0 Å². The summed E-state index contributed by atoms with van der Waals surface area (Å²) in [6.45, 7) is 1.63. The summed E-state index contributed by atoms with van der Waals surface area (Å²) < 4.78 is 0.700. The second-order valence-electron chi connectivity index (χ2n) is 3.34. The summed E-state index contributed by atoms with van der Waals surface area (Å²) in [4.78, 5) is 25.9. The molecule has 0 fully saturated rings. The lowest BCUT2D eigenvalue weighted by Crippen LogP contribution is -2.31. The normalized spacial score (nSPS) is 11.9. The maximum absolute atomic E-state index is 11.6. The predicted molar refractivity (Wildman–Crippen MR) is 61.1 cm³/mol. The summed E-state index contributed by atoms with van der Waals surface area (Å²) in [5.74, 6) is -1.88. The highest BCUT2D eigenvalue weighted by molar-refractivity contribution is 9.10. The summed E-state index contributed by atoms with van der Waals surface area (Å²) in [5.41, 5.74) is 0.395. The van der Waals surface area contributed by atoms with Gasteiger partial charge >= 0.3 is 5.97 Å². The Bertz CT molecular complexity index is 409. The Kier molecular flexibility index (Phi) is 4.42. The molecule has 0 aliphatic carbocycles. The third-order valence-corrected chi connectivity index (χ3v) is 2.39. The second-order valence-corrected chi connectivity index (χ2v) is 4.26. The van der Waals surface area contributed by atoms with E-state index in [9.17, 15) is 9.59 Å². The average molecular weight is 287 g/mol. The van der Waals surface area contributed by atoms with E-state index in [2.05, 4.69) is 26.2 Å². The van der Waals surface area contributed by atoms with Crippen LogP contribution in [0.25, 0.3) is 0 Å². The van der Waals surface area contributed by atoms with E-state index in [-0.39, 0.29) is 12.5 Å². The van der Waals surface area contributed by atoms with Crippen LogP contribution in [0.1, 0.15) is 17.3 Å². The SMILES string of the molecule is CC(CNC(=O)c1cncc(Br)c1)C(=O)O. The van der Waals surface area contributed by atoms with E-state index in [0.29, 0.717) is 10.0 Å². The third kappa shape index (κ3) is 3.62. The zero-order valence-electron chi connectivity index (χ0n) is 8.61. The highest BCUT2D eigenvalue weighted by Crippen LogP contribution is 2.09. The summed E-state index contributed by atoms with van der Waals surface area (Å²) in [6, 6.07) is 1.62. The molecule has 0 aromatic carbocycles. The van der Waals surface area contributed by atoms with Crippen LogP contribution in [-0.2, 0) is 4.79 Å². The van der Waals surface area contributed by atoms with Gasteiger partial charge < -0.3 is 10.4 Å². The number of nitrogens with one attached hydrogen (secondary N) is 1. The fourth-order valence-electron chi connectivity index (χ4n) is 0.971. The number of carboxylic acids is 1. The van der Waals surface area contributed by atoms with Crippen molar-refractivity contribution in [2.75, 3.05) is 6.54 Å². The van der Waals surface area contributed by atoms with Gasteiger partial charge in [0.1, 0.15) is 0 Å². The first-order valence-corrected chi connectivity index (χ1v) is 5.41. The number of pyridine rings is 1. The Labute approximate surface area is 101 Å². The van der Waals surface area contributed by atoms with Gasteiger partial charge in [0.05, 0.1) is 11.5 Å². The molecule has 1 aromatic rings. The fraction of sp³-hybridized carbons (Fsp3) is 0.300. The lowest BCUT2D eigenvalue weighted by Gasteiger charge is -2.08. The summed E-state index contributed by atoms with van der Waals surface area (Å²) in [6.07, 6.45) is 2.99. The van der Waals surface area contributed by atoms with Gasteiger partial charge in [0.2, 0.25) is 0 Å². The average Bonchev–Trinajstić information content (AvgIpc) is 2.25. The number of carbonyl (C=O) groups is 2. The second kappa shape index (κ2) is 5.60. The summed E-state index contributed by atoms with van der Waals surface area (Å²) in [7, 11) is 0. The molecule has 86 valence electrons. The number of hydrogen-bond donors (Lipinski definition) is 2. The van der Waals surface area contributed by atoms with Crippen LogP contribution in [0.3, 0.4) is 0 Å². The molecule has 0 radical (unpaired) electrons. The lowest BCUT2D eigenvalue weighted by atomic mass is 10.2. The molecule has 0 saturated carbocycles. The molecule has 1 aromatic heterocycles. The number of halogens is 1. The zero-order chi connectivity index (χ0) is 12.1. The van der Waals surface area contributed by atoms with Crippen molar-refractivity contribution in [1.82, 2.24) is 10.3 Å². The van der Waals surface area contributed by atoms with Crippen molar-refractivity contribution in [2.24, 2.45) is 5.92 Å². The smallest absolute Gasteiger partial charge is 0.308 e. The standard InChI is InChI=1S/C10H11BrN2O3/c1-6(10(15)16)3-13-9(14)7-2-8(11)5-12-4-7/h2,4-6H,3H2,1H3,(H,13,14)(H,15,16). The summed E-state index contributed by atoms with van der Waals surface area (Å²) in [5, 5.41) is 11.2. The van der Waals surface area contributed by atoms with Crippen LogP contribution in [0.2, 0.25) is 0 Å². The van der Waals surface area contributed by atoms with Gasteiger partial charge in [-0.15, -0.1) is 0 Å². The van der Waals surface area contributed by atoms with E-state index < -0.39 is 11.9 Å². The van der Waals surface area contributed by atoms with Gasteiger partial charge in [-0.25, -0.2) is 0 Å². The molecule has 0 aliphatic rings. The van der Waals surface area contributed by atoms with Crippen LogP contribution in [0.5, 0.6) is 0 Å². The largest absolute Gasteiger partial charge is 0.481 e. The van der Waals surface area contributed by atoms with Crippen molar-refractivity contribution >= 4 is 27.8 Å². The zero-order valence-corrected chi connectivity index (χ0v) is 10.2. The number of carboxylic acid groups (broad SMARTS) is 1. The number of hydrogen-bond acceptors (Lipinski definition) is 3. The first kappa shape index (κ1) is 12.6. The van der Waals surface area contributed by atoms with E-state index in [1.54, 1.807) is 12.3 Å². The Morgan fingerprint density at radius 1 is 1.56 bits per heavy atom. The highest BCUT2D eigenvalue weighted by Gasteiger charge is 2.13. The van der Waals surface area contributed by atoms with Gasteiger partial charge in [-0.2, -0.15) is 0 Å². The Morgan fingerprint density at radius 3 is 2.81 bits per heavy atom. The minimum absolute atomic E-state index is 0.0979. The molecule has 0 saturated heterocycles. The number of nitrogens with zero attached hydrogens (tertiary/aromatic N) is 1. The van der Waals surface area contributed by atoms with Crippen LogP contribution < -0.4 is 5.32 Å². The Morgan fingerprint density at radius 2 is 2.25 bits per heavy atom. The van der Waals surface area contributed by atoms with Gasteiger partial charge in [-0.05, 0) is 22.0 Å². The van der Waals surface area contributed by atoms with E-state index in [1.807, 2.05) is 0 Å². The minimum Gasteiger partial charge on any atom is -0.481 e. The monoisotopic (exact) mass is 286 g/mol. The van der Waals surface area contributed by atoms with Crippen LogP contribution >= 0.6 is 15.9 Å². The topological polar surface area (TPSA) is 79.3 Å². The van der Waals surface area contributed by atoms with Gasteiger partial charge in [0.25, 0.3) is 5.91 Å². The molecule has 1 heterocycles. The molecular formula is C10H11BrN2O3. The molecule has 0 bridgehead atoms. The van der Waals surface area contributed by atoms with Crippen molar-refractivity contribution in [3.05, 3.63) is 28.5 Å². The predicted octanol–water partition coefficient (Wildman–Crippen LogP) is 1.29. The molecule has 0 aliphatic heterocycles. The van der Waals surface area contributed by atoms with Gasteiger partial charge in [-0.1, -0.05) is 6.92 Å². The first-order chi connectivity index (χ1) is 7.50. The van der Waals surface area contributed by atoms with Crippen LogP contribution in [0, 0.1) is 5.92 Å². The summed E-state index contributed by atoms with van der Waals surface area (Å²) >= 11 is 3.20. The quantitative estimate of drug-likeness (QED) is 0.874. The van der Waals surface area contributed by atoms with Gasteiger partial charge in [0, 0.05) is 23.4 Å². The highest BCUT2D eigenvalue weighted by atomic mass is 79.9. The van der Waals surface area contributed by atoms with Crippen molar-refractivity contribution in [2.45, 2.75) is 6.92 Å². The number of carbonyl (C=O) groups excluding carboxylic acids is 1. The van der Waals surface area contributed by atoms with Crippen molar-refractivity contribution in [3.8, 4) is 0 Å². The molecule has 5 nitrogen and oxygen atoms in total. The van der Waals surface area contributed by atoms with Gasteiger partial charge in [-0.3, -0.25) is 14.6 Å². The van der Waals surface area contributed by atoms with E-state index in [1.165, 1.54) is 13.1 Å². The maximum atomic E-state index is 11.6. The Hall–Kier alpha value is -1.43. The molecule has 1 atom stereocenters. The van der Waals surface area contributed by atoms with Gasteiger partial charge in [0.15, 0.2) is 0 Å². The molecule has 2 N–H and O–H groups in total. The first-order valence-electron chi connectivity index (χ1n) is 4.62. The number of aliphatic carboxylic acids is 1. The molecule has 1 amide bonds. The molecule has 1 rings (SSSR count). The maximum Gasteiger partial charge on any atom is 0.308 e. The van der Waals surface area contributed by atoms with Crippen molar-refractivity contribution in [3.63, 3.8) is 0 Å². The van der Waals surface area contributed by atoms with E-state index >= 15 is 0 Å². The molecule has 16 heavy (non-hydrogen) atoms. The lowest BCUT2D eigenvalue weighted by molar-refractivity contribution is -0.140. The molecule has 6 heteroatoms. The van der Waals surface area contributed by atoms with Crippen LogP contribution in [0.4, 0.5) is 0 Å². The van der Waals surface area contributed by atoms with Crippen LogP contribution in [-0.4, -0.2) is 28.5 Å². The van der Waals surface area contributed by atoms with Crippen molar-refractivity contribution in [1.29, 1.82) is 0 Å². The fourth-order valence-corrected chi connectivity index (χ4v) is 1.34. The van der Waals surface area contributed by atoms with Crippen molar-refractivity contribution < 1.29 is 14.7 Å². The van der Waals surface area contributed by atoms with E-state index in [4.69, 9.17) is 5.11 Å².